The quantitative estimate of drug-likeness (QED) is 0.136. The van der Waals surface area contributed by atoms with Crippen molar-refractivity contribution in [1.82, 2.24) is 0 Å². The number of aryl methyl sites for hydroxylation is 2. The van der Waals surface area contributed by atoms with Crippen LogP contribution in [0.4, 0.5) is 0 Å². The van der Waals surface area contributed by atoms with Gasteiger partial charge in [0.05, 0.1) is 0 Å². The normalized spacial score (nSPS) is 13.0. The van der Waals surface area contributed by atoms with Gasteiger partial charge < -0.3 is 4.42 Å². The van der Waals surface area contributed by atoms with Crippen LogP contribution in [0.3, 0.4) is 0 Å². The first-order valence-electron chi connectivity index (χ1n) is 24.4. The number of rotatable bonds is 6. The van der Waals surface area contributed by atoms with Crippen molar-refractivity contribution in [2.45, 2.75) is 93.4 Å². The van der Waals surface area contributed by atoms with Crippen LogP contribution < -0.4 is 49.2 Å². The van der Waals surface area contributed by atoms with E-state index in [1.54, 1.807) is 0 Å². The maximum absolute atomic E-state index is 6.91. The monoisotopic (exact) mass is 910 g/mol. The molecule has 72 heavy (non-hydrogen) atoms. The Labute approximate surface area is 439 Å². The van der Waals surface area contributed by atoms with Crippen molar-refractivity contribution >= 4 is 153 Å². The molecule has 1 aromatic heterocycles. The lowest BCUT2D eigenvalue weighted by Crippen LogP contribution is -2.55. The van der Waals surface area contributed by atoms with Crippen molar-refractivity contribution in [2.75, 3.05) is 0 Å². The Morgan fingerprint density at radius 1 is 0.486 bits per heavy atom. The molecule has 0 aliphatic heterocycles. The molecule has 0 saturated carbocycles. The highest BCUT2D eigenvalue weighted by atomic mass is 16.3. The fourth-order valence-corrected chi connectivity index (χ4v) is 10.7. The topological polar surface area (TPSA) is 13.1 Å². The van der Waals surface area contributed by atoms with E-state index >= 15 is 0 Å². The van der Waals surface area contributed by atoms with Crippen LogP contribution in [0.2, 0.25) is 0 Å². The predicted octanol–water partition coefficient (Wildman–Crippen LogP) is 6.56. The summed E-state index contributed by atoms with van der Waals surface area (Å²) in [6, 6.07) is 26.5. The van der Waals surface area contributed by atoms with E-state index in [2.05, 4.69) is 154 Å². The molecule has 9 rings (SSSR count). The van der Waals surface area contributed by atoms with Gasteiger partial charge in [0.15, 0.2) is 0 Å². The average Bonchev–Trinajstić information content (AvgIpc) is 3.66. The smallest absolute Gasteiger partial charge is 0.136 e. The zero-order valence-electron chi connectivity index (χ0n) is 43.6. The maximum atomic E-state index is 6.91. The third-order valence-electron chi connectivity index (χ3n) is 15.1. The summed E-state index contributed by atoms with van der Waals surface area (Å²) in [6.45, 7) is 28.2. The third kappa shape index (κ3) is 8.43. The molecule has 1 aliphatic carbocycles. The SMILES string of the molecule is [B]c1c([B])c([B])c(-c2ccc3c(C)c2-c2cc(C(C)(C)C)ccc2Cc2cc4c(cc2-3)oc2cc(/C(=C/C=C(\c3cc(C(C)(C)C)ccc3C)c3c([B])c([B])c([B])c([B])c3C)C(=C)C)c(C)cc24)c([B])c1[B]. The van der Waals surface area contributed by atoms with Crippen molar-refractivity contribution in [3.63, 3.8) is 0 Å². The van der Waals surface area contributed by atoms with Crippen LogP contribution in [0.1, 0.15) is 110 Å². The lowest BCUT2D eigenvalue weighted by atomic mass is 9.59. The minimum absolute atomic E-state index is 0.108. The number of furan rings is 1. The molecule has 0 amide bonds. The molecule has 0 unspecified atom stereocenters. The molecular formula is C62H51B9O. The summed E-state index contributed by atoms with van der Waals surface area (Å²) in [6.07, 6.45) is 4.89. The van der Waals surface area contributed by atoms with E-state index in [0.29, 0.717) is 33.8 Å². The Morgan fingerprint density at radius 3 is 1.68 bits per heavy atom. The molecule has 0 atom stereocenters. The zero-order valence-corrected chi connectivity index (χ0v) is 43.6. The summed E-state index contributed by atoms with van der Waals surface area (Å²) in [5, 5.41) is 2.07. The van der Waals surface area contributed by atoms with Gasteiger partial charge >= 0.3 is 0 Å². The highest BCUT2D eigenvalue weighted by molar-refractivity contribution is 6.69. The van der Waals surface area contributed by atoms with E-state index in [1.165, 1.54) is 16.7 Å². The Bertz CT molecular complexity index is 3680. The van der Waals surface area contributed by atoms with Crippen LogP contribution in [-0.4, -0.2) is 70.6 Å². The summed E-state index contributed by atoms with van der Waals surface area (Å²) in [4.78, 5) is 0. The molecule has 18 radical (unpaired) electrons. The van der Waals surface area contributed by atoms with Crippen LogP contribution in [0.25, 0.3) is 66.5 Å². The maximum Gasteiger partial charge on any atom is 0.136 e. The predicted molar refractivity (Wildman–Crippen MR) is 320 cm³/mol. The van der Waals surface area contributed by atoms with Crippen LogP contribution >= 0.6 is 0 Å². The number of allylic oxidation sites excluding steroid dienone is 4. The molecule has 2 bridgehead atoms. The Kier molecular flexibility index (Phi) is 13.0. The second-order valence-corrected chi connectivity index (χ2v) is 22.0. The van der Waals surface area contributed by atoms with Gasteiger partial charge in [-0.1, -0.05) is 136 Å². The van der Waals surface area contributed by atoms with Crippen molar-refractivity contribution < 1.29 is 4.42 Å². The van der Waals surface area contributed by atoms with E-state index in [0.717, 1.165) is 111 Å². The van der Waals surface area contributed by atoms with E-state index in [4.69, 9.17) is 75.0 Å². The molecule has 8 aromatic rings. The van der Waals surface area contributed by atoms with Crippen LogP contribution in [0.15, 0.2) is 102 Å². The van der Waals surface area contributed by atoms with Gasteiger partial charge in [0.2, 0.25) is 0 Å². The van der Waals surface area contributed by atoms with Crippen LogP contribution in [0.5, 0.6) is 0 Å². The molecule has 0 fully saturated rings. The Hall–Kier alpha value is -5.86. The second kappa shape index (κ2) is 18.3. The number of hydrogen-bond donors (Lipinski definition) is 0. The highest BCUT2D eigenvalue weighted by Gasteiger charge is 2.28. The average molecular weight is 909 g/mol. The van der Waals surface area contributed by atoms with Crippen molar-refractivity contribution in [2.24, 2.45) is 0 Å². The molecule has 10 heteroatoms. The van der Waals surface area contributed by atoms with E-state index in [9.17, 15) is 0 Å². The summed E-state index contributed by atoms with van der Waals surface area (Å²) in [5.41, 5.74) is 23.7. The fraction of sp³-hybridized carbons (Fsp3) is 0.226. The minimum Gasteiger partial charge on any atom is -0.456 e. The molecule has 332 valence electrons. The molecule has 1 aliphatic rings. The third-order valence-corrected chi connectivity index (χ3v) is 15.1. The van der Waals surface area contributed by atoms with Crippen LogP contribution in [-0.2, 0) is 17.3 Å². The lowest BCUT2D eigenvalue weighted by Gasteiger charge is -2.29. The highest BCUT2D eigenvalue weighted by Crippen LogP contribution is 2.47. The molecule has 7 aromatic carbocycles. The molecule has 0 N–H and O–H groups in total. The number of hydrogen-bond acceptors (Lipinski definition) is 1. The van der Waals surface area contributed by atoms with Crippen molar-refractivity contribution in [1.29, 1.82) is 0 Å². The molecule has 0 spiro atoms. The van der Waals surface area contributed by atoms with Crippen LogP contribution in [0, 0.1) is 27.7 Å². The van der Waals surface area contributed by atoms with Gasteiger partial charge in [0.25, 0.3) is 0 Å². The molecule has 0 saturated heterocycles. The summed E-state index contributed by atoms with van der Waals surface area (Å²) >= 11 is 0. The Morgan fingerprint density at radius 2 is 1.04 bits per heavy atom. The second-order valence-electron chi connectivity index (χ2n) is 22.0. The first-order chi connectivity index (χ1) is 33.7. The van der Waals surface area contributed by atoms with Gasteiger partial charge in [-0.3, -0.25) is 0 Å². The Balaban J connectivity index is 1.25. The summed E-state index contributed by atoms with van der Waals surface area (Å²) in [5.74, 6) is 0. The van der Waals surface area contributed by atoms with E-state index in [1.807, 2.05) is 13.8 Å². The van der Waals surface area contributed by atoms with E-state index in [-0.39, 0.29) is 38.1 Å². The van der Waals surface area contributed by atoms with E-state index < -0.39 is 0 Å². The number of fused-ring (bicyclic) bond motifs is 9. The first kappa shape index (κ1) is 51.1. The fourth-order valence-electron chi connectivity index (χ4n) is 10.7. The molecular weight excluding hydrogens is 858 g/mol. The van der Waals surface area contributed by atoms with Gasteiger partial charge in [-0.2, -0.15) is 0 Å². The van der Waals surface area contributed by atoms with Crippen molar-refractivity contribution in [3.05, 3.63) is 158 Å². The van der Waals surface area contributed by atoms with Gasteiger partial charge in [0.1, 0.15) is 81.8 Å². The standard InChI is InChI=1S/C62H51B9O/c1-28(2)37(17-19-39(41-24-35(61(7,8)9)15-13-29(41)3)50-32(6)52(63)56(67)57(68)53(50)64)42-26-47-45(21-30(42)4)46-23-34-22-33-14-16-36(62(10,11)12)25-44(33)49-31(5)38(43(34)27-48(46)72-47)18-20-40(49)51-54(65)58(69)60(71)59(70)55(51)66/h13-21,23-27H,1,22H2,2-12H3/b37-17+,39-19+. The lowest BCUT2D eigenvalue weighted by molar-refractivity contribution is 0.590. The summed E-state index contributed by atoms with van der Waals surface area (Å²) < 4.78 is 6.91. The zero-order chi connectivity index (χ0) is 52.4. The summed E-state index contributed by atoms with van der Waals surface area (Å²) in [7, 11) is 59.3. The van der Waals surface area contributed by atoms with Gasteiger partial charge in [-0.15, -0.1) is 32.8 Å². The van der Waals surface area contributed by atoms with Crippen molar-refractivity contribution in [3.8, 4) is 33.4 Å². The first-order valence-corrected chi connectivity index (χ1v) is 24.4. The van der Waals surface area contributed by atoms with Gasteiger partial charge in [-0.25, -0.2) is 0 Å². The number of benzene rings is 7. The minimum atomic E-state index is -0.115. The van der Waals surface area contributed by atoms with Gasteiger partial charge in [-0.05, 0) is 176 Å². The van der Waals surface area contributed by atoms with Gasteiger partial charge in [0, 0.05) is 10.8 Å². The molecule has 1 nitrogen and oxygen atoms in total. The molecule has 1 heterocycles. The largest absolute Gasteiger partial charge is 0.456 e.